The Bertz CT molecular complexity index is 1840. The molecule has 2 saturated carbocycles. The second-order valence-corrected chi connectivity index (χ2v) is 20.4. The van der Waals surface area contributed by atoms with E-state index in [1.54, 1.807) is 6.07 Å². The fraction of sp³-hybridized carbons (Fsp3) is 0.698. The SMILES string of the molecule is CO[C@]1(CN2CCN3CCOC[C@@H]3C2)/C=C/C[C@H](C)[C@@H](CCO)S(=O)(=O)NC(=O)c2ccc3c(c2)N(C[C@@H]2CC[C@H]21)C[C@@]1(CCCC2C=C(Cl)C=CC21C)CO3. The first-order valence-electron chi connectivity index (χ1n) is 20.9. The van der Waals surface area contributed by atoms with Crippen LogP contribution in [0.4, 0.5) is 5.69 Å². The number of nitrogens with one attached hydrogen (secondary N) is 1. The number of sulfonamides is 1. The Morgan fingerprint density at radius 1 is 1.12 bits per heavy atom. The molecule has 2 unspecified atom stereocenters. The van der Waals surface area contributed by atoms with Crippen LogP contribution in [0.5, 0.6) is 5.75 Å². The summed E-state index contributed by atoms with van der Waals surface area (Å²) in [6.07, 6.45) is 16.6. The van der Waals surface area contributed by atoms with Gasteiger partial charge in [0, 0.05) is 87.0 Å². The zero-order chi connectivity index (χ0) is 39.3. The Morgan fingerprint density at radius 3 is 2.77 bits per heavy atom. The van der Waals surface area contributed by atoms with E-state index in [9.17, 15) is 18.3 Å². The first kappa shape index (κ1) is 40.3. The highest BCUT2D eigenvalue weighted by Gasteiger charge is 2.56. The van der Waals surface area contributed by atoms with Crippen molar-refractivity contribution in [2.75, 3.05) is 84.3 Å². The van der Waals surface area contributed by atoms with Gasteiger partial charge in [0.2, 0.25) is 10.0 Å². The third-order valence-electron chi connectivity index (χ3n) is 15.1. The van der Waals surface area contributed by atoms with Gasteiger partial charge in [-0.15, -0.1) is 0 Å². The summed E-state index contributed by atoms with van der Waals surface area (Å²) in [6.45, 7) is 12.0. The summed E-state index contributed by atoms with van der Waals surface area (Å²) in [4.78, 5) is 21.4. The van der Waals surface area contributed by atoms with E-state index in [0.29, 0.717) is 30.7 Å². The molecule has 308 valence electrons. The van der Waals surface area contributed by atoms with Crippen molar-refractivity contribution >= 4 is 33.2 Å². The molecule has 1 spiro atoms. The summed E-state index contributed by atoms with van der Waals surface area (Å²) >= 11 is 6.61. The van der Waals surface area contributed by atoms with Crippen LogP contribution in [0, 0.1) is 34.5 Å². The molecule has 1 aromatic rings. The monoisotopic (exact) mass is 812 g/mol. The number of amides is 1. The van der Waals surface area contributed by atoms with Crippen molar-refractivity contribution in [3.05, 3.63) is 59.2 Å². The Kier molecular flexibility index (Phi) is 11.5. The van der Waals surface area contributed by atoms with E-state index in [2.05, 4.69) is 50.6 Å². The van der Waals surface area contributed by atoms with Crippen molar-refractivity contribution in [2.45, 2.75) is 75.7 Å². The number of aliphatic hydroxyl groups is 1. The van der Waals surface area contributed by atoms with Gasteiger partial charge in [-0.25, -0.2) is 13.1 Å². The number of methoxy groups -OCH3 is 1. The summed E-state index contributed by atoms with van der Waals surface area (Å²) in [6, 6.07) is 5.69. The standard InChI is InChI=1S/C43H61ClN4O7S/c1-30-6-4-15-43(53-3,28-46-17-18-47-19-21-54-26-35(47)25-46)36-10-8-32(36)24-48-27-42(14-5-7-33-23-34(44)12-16-41(33,42)2)29-55-38-11-9-31(22-37(38)48)40(50)45-56(51,52)39(30)13-20-49/h4,9,11-12,15-16,22-23,30,32-33,35-36,39,49H,5-8,10,13-14,17-21,24-29H2,1-3H3,(H,45,50)/b15-4+/t30-,32-,33?,35-,36+,39+,41?,42-,43-/m0/s1. The zero-order valence-corrected chi connectivity index (χ0v) is 34.9. The molecule has 1 amide bonds. The lowest BCUT2D eigenvalue weighted by Gasteiger charge is -2.56. The summed E-state index contributed by atoms with van der Waals surface area (Å²) in [5, 5.41) is 9.83. The van der Waals surface area contributed by atoms with E-state index in [-0.39, 0.29) is 47.2 Å². The number of allylic oxidation sites excluding steroid dienone is 5. The second-order valence-electron chi connectivity index (χ2n) is 18.0. The third-order valence-corrected chi connectivity index (χ3v) is 17.3. The molecule has 0 radical (unpaired) electrons. The molecule has 2 N–H and O–H groups in total. The van der Waals surface area contributed by atoms with Gasteiger partial charge in [0.05, 0.1) is 30.8 Å². The van der Waals surface area contributed by atoms with Crippen LogP contribution in [0.15, 0.2) is 53.6 Å². The van der Waals surface area contributed by atoms with Crippen LogP contribution < -0.4 is 14.4 Å². The average molecular weight is 814 g/mol. The van der Waals surface area contributed by atoms with Gasteiger partial charge in [-0.1, -0.05) is 56.2 Å². The third kappa shape index (κ3) is 7.39. The number of carbonyl (C=O) groups excluding carboxylic acids is 1. The number of fused-ring (bicyclic) bond motifs is 5. The number of nitrogens with zero attached hydrogens (tertiary/aromatic N) is 3. The van der Waals surface area contributed by atoms with E-state index >= 15 is 0 Å². The first-order chi connectivity index (χ1) is 26.9. The summed E-state index contributed by atoms with van der Waals surface area (Å²) in [5.41, 5.74) is 0.0462. The normalized spacial score (nSPS) is 39.5. The fourth-order valence-corrected chi connectivity index (χ4v) is 13.3. The lowest BCUT2D eigenvalue weighted by atomic mass is 9.51. The predicted molar refractivity (Wildman–Crippen MR) is 218 cm³/mol. The molecule has 4 heterocycles. The largest absolute Gasteiger partial charge is 0.491 e. The van der Waals surface area contributed by atoms with Crippen molar-refractivity contribution in [1.29, 1.82) is 0 Å². The molecular formula is C43H61ClN4O7S. The molecule has 4 aliphatic heterocycles. The van der Waals surface area contributed by atoms with Gasteiger partial charge in [-0.2, -0.15) is 0 Å². The van der Waals surface area contributed by atoms with Gasteiger partial charge in [-0.3, -0.25) is 14.6 Å². The number of anilines is 1. The van der Waals surface area contributed by atoms with Crippen molar-refractivity contribution in [2.24, 2.45) is 34.5 Å². The minimum Gasteiger partial charge on any atom is -0.491 e. The van der Waals surface area contributed by atoms with E-state index in [0.717, 1.165) is 102 Å². The first-order valence-corrected chi connectivity index (χ1v) is 22.8. The van der Waals surface area contributed by atoms with Crippen LogP contribution in [0.25, 0.3) is 0 Å². The molecule has 4 fully saturated rings. The van der Waals surface area contributed by atoms with Crippen molar-refractivity contribution < 1.29 is 32.5 Å². The Hall–Kier alpha value is -2.45. The van der Waals surface area contributed by atoms with Gasteiger partial charge in [0.25, 0.3) is 5.91 Å². The molecule has 0 aromatic heterocycles. The minimum atomic E-state index is -4.14. The minimum absolute atomic E-state index is 0.0218. The van der Waals surface area contributed by atoms with Gasteiger partial charge in [-0.05, 0) is 86.5 Å². The zero-order valence-electron chi connectivity index (χ0n) is 33.3. The topological polar surface area (TPSA) is 121 Å². The maximum Gasteiger partial charge on any atom is 0.264 e. The second kappa shape index (κ2) is 16.0. The van der Waals surface area contributed by atoms with Crippen molar-refractivity contribution in [3.63, 3.8) is 0 Å². The van der Waals surface area contributed by atoms with Crippen molar-refractivity contribution in [1.82, 2.24) is 14.5 Å². The van der Waals surface area contributed by atoms with E-state index in [1.165, 1.54) is 0 Å². The van der Waals surface area contributed by atoms with Gasteiger partial charge < -0.3 is 24.2 Å². The summed E-state index contributed by atoms with van der Waals surface area (Å²) < 4.78 is 49.7. The van der Waals surface area contributed by atoms with Gasteiger partial charge in [0.15, 0.2) is 0 Å². The maximum absolute atomic E-state index is 13.9. The number of hydrogen-bond acceptors (Lipinski definition) is 10. The number of carbonyl (C=O) groups is 1. The number of hydrogen-bond donors (Lipinski definition) is 2. The van der Waals surface area contributed by atoms with E-state index in [1.807, 2.05) is 32.2 Å². The Labute approximate surface area is 338 Å². The molecule has 56 heavy (non-hydrogen) atoms. The molecule has 2 saturated heterocycles. The quantitative estimate of drug-likeness (QED) is 0.384. The molecule has 9 atom stereocenters. The smallest absolute Gasteiger partial charge is 0.264 e. The van der Waals surface area contributed by atoms with Gasteiger partial charge in [0.1, 0.15) is 11.4 Å². The highest BCUT2D eigenvalue weighted by Crippen LogP contribution is 2.59. The number of piperazine rings is 1. The molecule has 13 heteroatoms. The highest BCUT2D eigenvalue weighted by molar-refractivity contribution is 7.90. The van der Waals surface area contributed by atoms with Crippen LogP contribution in [0.1, 0.15) is 69.2 Å². The Morgan fingerprint density at radius 2 is 1.98 bits per heavy atom. The molecule has 3 aliphatic carbocycles. The highest BCUT2D eigenvalue weighted by atomic mass is 35.5. The number of morpholine rings is 1. The van der Waals surface area contributed by atoms with Crippen LogP contribution in [0.3, 0.4) is 0 Å². The van der Waals surface area contributed by atoms with Gasteiger partial charge >= 0.3 is 0 Å². The molecule has 8 rings (SSSR count). The number of rotatable bonds is 5. The molecule has 7 aliphatic rings. The molecule has 2 bridgehead atoms. The van der Waals surface area contributed by atoms with Crippen LogP contribution >= 0.6 is 11.6 Å². The van der Waals surface area contributed by atoms with Crippen molar-refractivity contribution in [3.8, 4) is 5.75 Å². The van der Waals surface area contributed by atoms with E-state index < -0.39 is 26.8 Å². The molecular weight excluding hydrogens is 752 g/mol. The number of halogens is 1. The lowest BCUT2D eigenvalue weighted by molar-refractivity contribution is -0.108. The lowest BCUT2D eigenvalue weighted by Crippen LogP contribution is -2.62. The predicted octanol–water partition coefficient (Wildman–Crippen LogP) is 5.21. The number of benzene rings is 1. The van der Waals surface area contributed by atoms with Crippen LogP contribution in [0.2, 0.25) is 0 Å². The molecule has 11 nitrogen and oxygen atoms in total. The summed E-state index contributed by atoms with van der Waals surface area (Å²) in [7, 11) is -2.31. The number of aliphatic hydroxyl groups excluding tert-OH is 1. The van der Waals surface area contributed by atoms with Crippen LogP contribution in [-0.2, 0) is 19.5 Å². The maximum atomic E-state index is 13.9. The Balaban J connectivity index is 1.20. The fourth-order valence-electron chi connectivity index (χ4n) is 11.4. The molecule has 1 aromatic carbocycles. The summed E-state index contributed by atoms with van der Waals surface area (Å²) in [5.74, 6) is 0.464. The average Bonchev–Trinajstić information content (AvgIpc) is 3.32. The number of ether oxygens (including phenoxy) is 3. The van der Waals surface area contributed by atoms with Crippen LogP contribution in [-0.4, -0.2) is 125 Å². The van der Waals surface area contributed by atoms with E-state index in [4.69, 9.17) is 25.8 Å².